The van der Waals surface area contributed by atoms with E-state index < -0.39 is 0 Å². The highest BCUT2D eigenvalue weighted by Crippen LogP contribution is 2.30. The van der Waals surface area contributed by atoms with Gasteiger partial charge in [-0.3, -0.25) is 4.79 Å². The van der Waals surface area contributed by atoms with E-state index in [4.69, 9.17) is 0 Å². The molecule has 98 valence electrons. The zero-order valence-electron chi connectivity index (χ0n) is 11.8. The fourth-order valence-electron chi connectivity index (χ4n) is 2.93. The molecule has 1 heterocycles. The maximum Gasteiger partial charge on any atom is 0.162 e. The number of rotatable bonds is 3. The van der Waals surface area contributed by atoms with Gasteiger partial charge in [-0.25, -0.2) is 0 Å². The van der Waals surface area contributed by atoms with Crippen LogP contribution in [-0.2, 0) is 0 Å². The first-order valence-corrected chi connectivity index (χ1v) is 7.03. The van der Waals surface area contributed by atoms with Crippen LogP contribution in [0.25, 0.3) is 0 Å². The van der Waals surface area contributed by atoms with Crippen molar-refractivity contribution in [1.82, 2.24) is 0 Å². The van der Waals surface area contributed by atoms with Gasteiger partial charge in [-0.2, -0.15) is 0 Å². The summed E-state index contributed by atoms with van der Waals surface area (Å²) in [6.45, 7) is 8.44. The molecule has 1 aliphatic heterocycles. The van der Waals surface area contributed by atoms with E-state index in [0.29, 0.717) is 6.42 Å². The number of piperidine rings is 1. The van der Waals surface area contributed by atoms with Crippen molar-refractivity contribution in [1.29, 1.82) is 0 Å². The van der Waals surface area contributed by atoms with Gasteiger partial charge in [0.25, 0.3) is 0 Å². The van der Waals surface area contributed by atoms with Crippen LogP contribution in [0.15, 0.2) is 12.1 Å². The molecule has 0 spiro atoms. The van der Waals surface area contributed by atoms with Crippen molar-refractivity contribution in [3.8, 4) is 0 Å². The minimum absolute atomic E-state index is 0.255. The van der Waals surface area contributed by atoms with Crippen LogP contribution < -0.4 is 4.90 Å². The quantitative estimate of drug-likeness (QED) is 0.753. The highest BCUT2D eigenvalue weighted by molar-refractivity contribution is 5.98. The average Bonchev–Trinajstić information content (AvgIpc) is 2.39. The number of hydrogen-bond acceptors (Lipinski definition) is 2. The summed E-state index contributed by atoms with van der Waals surface area (Å²) in [5.74, 6) is 0.255. The van der Waals surface area contributed by atoms with Crippen LogP contribution in [0.2, 0.25) is 0 Å². The number of anilines is 1. The standard InChI is InChI=1S/C16H23NO/c1-4-15(18)14-9-8-12(2)16(13(14)3)17-10-6-5-7-11-17/h8-9H,4-7,10-11H2,1-3H3. The summed E-state index contributed by atoms with van der Waals surface area (Å²) in [5, 5.41) is 0. The van der Waals surface area contributed by atoms with E-state index in [1.165, 1.54) is 36.1 Å². The van der Waals surface area contributed by atoms with Gasteiger partial charge in [-0.05, 0) is 44.2 Å². The Morgan fingerprint density at radius 1 is 1.17 bits per heavy atom. The topological polar surface area (TPSA) is 20.3 Å². The van der Waals surface area contributed by atoms with Gasteiger partial charge in [-0.1, -0.05) is 19.1 Å². The predicted octanol–water partition coefficient (Wildman–Crippen LogP) is 3.89. The smallest absolute Gasteiger partial charge is 0.162 e. The molecular weight excluding hydrogens is 222 g/mol. The van der Waals surface area contributed by atoms with Gasteiger partial charge >= 0.3 is 0 Å². The fourth-order valence-corrected chi connectivity index (χ4v) is 2.93. The number of ketones is 1. The molecule has 2 heteroatoms. The molecule has 1 aliphatic rings. The molecule has 0 aromatic heterocycles. The summed E-state index contributed by atoms with van der Waals surface area (Å²) in [5.41, 5.74) is 4.67. The SMILES string of the molecule is CCC(=O)c1ccc(C)c(N2CCCCC2)c1C. The highest BCUT2D eigenvalue weighted by atomic mass is 16.1. The second-order valence-corrected chi connectivity index (χ2v) is 5.23. The Balaban J connectivity index is 2.41. The van der Waals surface area contributed by atoms with E-state index in [1.807, 2.05) is 13.0 Å². The van der Waals surface area contributed by atoms with Gasteiger partial charge in [0.05, 0.1) is 0 Å². The monoisotopic (exact) mass is 245 g/mol. The van der Waals surface area contributed by atoms with Gasteiger partial charge in [-0.15, -0.1) is 0 Å². The second kappa shape index (κ2) is 5.55. The molecule has 1 aromatic rings. The Kier molecular flexibility index (Phi) is 4.05. The van der Waals surface area contributed by atoms with Crippen molar-refractivity contribution in [2.24, 2.45) is 0 Å². The van der Waals surface area contributed by atoms with Crippen molar-refractivity contribution in [3.63, 3.8) is 0 Å². The third kappa shape index (κ3) is 2.43. The van der Waals surface area contributed by atoms with E-state index in [0.717, 1.165) is 18.7 Å². The largest absolute Gasteiger partial charge is 0.371 e. The lowest BCUT2D eigenvalue weighted by molar-refractivity contribution is 0.0987. The molecule has 0 radical (unpaired) electrons. The normalized spacial score (nSPS) is 15.8. The molecule has 0 amide bonds. The minimum Gasteiger partial charge on any atom is -0.371 e. The number of Topliss-reactive ketones (excluding diaryl/α,β-unsaturated/α-hetero) is 1. The Bertz CT molecular complexity index is 445. The van der Waals surface area contributed by atoms with Crippen molar-refractivity contribution in [2.75, 3.05) is 18.0 Å². The van der Waals surface area contributed by atoms with Crippen LogP contribution in [-0.4, -0.2) is 18.9 Å². The first kappa shape index (κ1) is 13.1. The summed E-state index contributed by atoms with van der Waals surface area (Å²) < 4.78 is 0. The van der Waals surface area contributed by atoms with Gasteiger partial charge in [0.1, 0.15) is 0 Å². The first-order chi connectivity index (χ1) is 8.65. The predicted molar refractivity (Wildman–Crippen MR) is 76.6 cm³/mol. The molecule has 2 rings (SSSR count). The summed E-state index contributed by atoms with van der Waals surface area (Å²) >= 11 is 0. The lowest BCUT2D eigenvalue weighted by Gasteiger charge is -2.32. The van der Waals surface area contributed by atoms with Crippen LogP contribution in [0.5, 0.6) is 0 Å². The lowest BCUT2D eigenvalue weighted by Crippen LogP contribution is -2.31. The highest BCUT2D eigenvalue weighted by Gasteiger charge is 2.18. The number of nitrogens with zero attached hydrogens (tertiary/aromatic N) is 1. The van der Waals surface area contributed by atoms with Crippen LogP contribution in [0.3, 0.4) is 0 Å². The minimum atomic E-state index is 0.255. The maximum atomic E-state index is 12.0. The molecule has 0 bridgehead atoms. The zero-order chi connectivity index (χ0) is 13.1. The van der Waals surface area contributed by atoms with Gasteiger partial charge in [0.15, 0.2) is 5.78 Å². The van der Waals surface area contributed by atoms with Crippen molar-refractivity contribution < 1.29 is 4.79 Å². The number of benzene rings is 1. The molecular formula is C16H23NO. The first-order valence-electron chi connectivity index (χ1n) is 7.03. The molecule has 18 heavy (non-hydrogen) atoms. The van der Waals surface area contributed by atoms with E-state index in [2.05, 4.69) is 24.8 Å². The maximum absolute atomic E-state index is 12.0. The van der Waals surface area contributed by atoms with E-state index in [9.17, 15) is 4.79 Å². The lowest BCUT2D eigenvalue weighted by atomic mass is 9.96. The summed E-state index contributed by atoms with van der Waals surface area (Å²) in [7, 11) is 0. The summed E-state index contributed by atoms with van der Waals surface area (Å²) in [6, 6.07) is 4.09. The van der Waals surface area contributed by atoms with Crippen molar-refractivity contribution >= 4 is 11.5 Å². The fraction of sp³-hybridized carbons (Fsp3) is 0.562. The third-order valence-corrected chi connectivity index (χ3v) is 3.93. The Labute approximate surface area is 110 Å². The molecule has 2 nitrogen and oxygen atoms in total. The molecule has 0 saturated carbocycles. The van der Waals surface area contributed by atoms with Crippen molar-refractivity contribution in [2.45, 2.75) is 46.5 Å². The van der Waals surface area contributed by atoms with Crippen molar-refractivity contribution in [3.05, 3.63) is 28.8 Å². The van der Waals surface area contributed by atoms with Gasteiger partial charge < -0.3 is 4.90 Å². The molecule has 0 aliphatic carbocycles. The summed E-state index contributed by atoms with van der Waals surface area (Å²) in [6.07, 6.45) is 4.46. The molecule has 1 saturated heterocycles. The zero-order valence-corrected chi connectivity index (χ0v) is 11.8. The number of carbonyl (C=O) groups is 1. The Morgan fingerprint density at radius 3 is 2.44 bits per heavy atom. The number of hydrogen-bond donors (Lipinski definition) is 0. The number of carbonyl (C=O) groups excluding carboxylic acids is 1. The van der Waals surface area contributed by atoms with Crippen LogP contribution in [0.4, 0.5) is 5.69 Å². The Hall–Kier alpha value is -1.31. The van der Waals surface area contributed by atoms with E-state index in [-0.39, 0.29) is 5.78 Å². The summed E-state index contributed by atoms with van der Waals surface area (Å²) in [4.78, 5) is 14.4. The van der Waals surface area contributed by atoms with E-state index in [1.54, 1.807) is 0 Å². The average molecular weight is 245 g/mol. The molecule has 0 atom stereocenters. The van der Waals surface area contributed by atoms with Gasteiger partial charge in [0, 0.05) is 30.8 Å². The molecule has 1 fully saturated rings. The number of aryl methyl sites for hydroxylation is 1. The molecule has 0 N–H and O–H groups in total. The van der Waals surface area contributed by atoms with Crippen LogP contribution >= 0.6 is 0 Å². The van der Waals surface area contributed by atoms with E-state index >= 15 is 0 Å². The van der Waals surface area contributed by atoms with Gasteiger partial charge in [0.2, 0.25) is 0 Å². The Morgan fingerprint density at radius 2 is 1.83 bits per heavy atom. The van der Waals surface area contributed by atoms with Crippen LogP contribution in [0.1, 0.15) is 54.1 Å². The molecule has 1 aromatic carbocycles. The third-order valence-electron chi connectivity index (χ3n) is 3.93. The second-order valence-electron chi connectivity index (χ2n) is 5.23. The molecule has 0 unspecified atom stereocenters. The van der Waals surface area contributed by atoms with Crippen LogP contribution in [0, 0.1) is 13.8 Å².